The van der Waals surface area contributed by atoms with Crippen LogP contribution < -0.4 is 10.1 Å². The quantitative estimate of drug-likeness (QED) is 0.653. The van der Waals surface area contributed by atoms with E-state index in [0.717, 1.165) is 0 Å². The van der Waals surface area contributed by atoms with Crippen LogP contribution in [-0.2, 0) is 4.74 Å². The number of halogens is 3. The third-order valence-electron chi connectivity index (χ3n) is 2.25. The zero-order valence-corrected chi connectivity index (χ0v) is 12.6. The molecular weight excluding hydrogens is 321 g/mol. The number of rotatable bonds is 5. The number of ether oxygens (including phenoxy) is 2. The Morgan fingerprint density at radius 2 is 2.00 bits per heavy atom. The Labute approximate surface area is 129 Å². The van der Waals surface area contributed by atoms with Gasteiger partial charge in [-0.2, -0.15) is 4.39 Å². The minimum atomic E-state index is -2.84. The van der Waals surface area contributed by atoms with E-state index < -0.39 is 46.9 Å². The SMILES string of the molecule is CC(C)(C)OC(=O)Nc1cc([N+](=O)[O-])c(F)cc1OCC(F)F. The third-order valence-corrected chi connectivity index (χ3v) is 2.25. The van der Waals surface area contributed by atoms with Gasteiger partial charge in [0.05, 0.1) is 10.6 Å². The first-order chi connectivity index (χ1) is 10.5. The Morgan fingerprint density at radius 3 is 2.48 bits per heavy atom. The molecule has 7 nitrogen and oxygen atoms in total. The van der Waals surface area contributed by atoms with Crippen molar-refractivity contribution in [3.05, 3.63) is 28.1 Å². The molecule has 0 radical (unpaired) electrons. The van der Waals surface area contributed by atoms with E-state index in [1.165, 1.54) is 0 Å². The van der Waals surface area contributed by atoms with Gasteiger partial charge in [-0.15, -0.1) is 0 Å². The van der Waals surface area contributed by atoms with Crippen LogP contribution in [0.1, 0.15) is 20.8 Å². The van der Waals surface area contributed by atoms with Crippen molar-refractivity contribution < 1.29 is 32.4 Å². The van der Waals surface area contributed by atoms with Crippen LogP contribution in [0.25, 0.3) is 0 Å². The van der Waals surface area contributed by atoms with Gasteiger partial charge in [-0.05, 0) is 20.8 Å². The highest BCUT2D eigenvalue weighted by molar-refractivity contribution is 5.87. The Hall–Kier alpha value is -2.52. The average Bonchev–Trinajstić information content (AvgIpc) is 2.35. The van der Waals surface area contributed by atoms with Gasteiger partial charge in [0.1, 0.15) is 18.0 Å². The van der Waals surface area contributed by atoms with Crippen molar-refractivity contribution in [3.8, 4) is 5.75 Å². The summed E-state index contributed by atoms with van der Waals surface area (Å²) in [4.78, 5) is 21.4. The van der Waals surface area contributed by atoms with Crippen molar-refractivity contribution in [1.29, 1.82) is 0 Å². The van der Waals surface area contributed by atoms with Gasteiger partial charge >= 0.3 is 11.8 Å². The Balaban J connectivity index is 3.11. The maximum Gasteiger partial charge on any atom is 0.412 e. The lowest BCUT2D eigenvalue weighted by molar-refractivity contribution is -0.387. The topological polar surface area (TPSA) is 90.7 Å². The number of benzene rings is 1. The normalized spacial score (nSPS) is 11.3. The molecule has 0 aliphatic rings. The molecule has 1 aromatic rings. The zero-order valence-electron chi connectivity index (χ0n) is 12.6. The summed E-state index contributed by atoms with van der Waals surface area (Å²) in [7, 11) is 0. The number of nitro groups is 1. The lowest BCUT2D eigenvalue weighted by atomic mass is 10.2. The first kappa shape index (κ1) is 18.5. The molecule has 0 unspecified atom stereocenters. The fraction of sp³-hybridized carbons (Fsp3) is 0.462. The summed E-state index contributed by atoms with van der Waals surface area (Å²) in [6, 6.07) is 1.22. The summed E-state index contributed by atoms with van der Waals surface area (Å²) < 4.78 is 47.6. The van der Waals surface area contributed by atoms with Gasteiger partial charge in [0.2, 0.25) is 5.82 Å². The number of nitro benzene ring substituents is 1. The van der Waals surface area contributed by atoms with Gasteiger partial charge in [-0.25, -0.2) is 13.6 Å². The van der Waals surface area contributed by atoms with Crippen molar-refractivity contribution in [2.75, 3.05) is 11.9 Å². The molecule has 0 fully saturated rings. The van der Waals surface area contributed by atoms with Crippen LogP contribution in [0.4, 0.5) is 29.3 Å². The number of nitrogens with zero attached hydrogens (tertiary/aromatic N) is 1. The fourth-order valence-corrected chi connectivity index (χ4v) is 1.47. The molecule has 128 valence electrons. The predicted octanol–water partition coefficient (Wildman–Crippen LogP) is 3.72. The van der Waals surface area contributed by atoms with E-state index in [2.05, 4.69) is 10.1 Å². The van der Waals surface area contributed by atoms with Gasteiger partial charge in [-0.1, -0.05) is 0 Å². The first-order valence-corrected chi connectivity index (χ1v) is 6.38. The summed E-state index contributed by atoms with van der Waals surface area (Å²) in [6.07, 6.45) is -3.84. The Bertz CT molecular complexity index is 602. The minimum absolute atomic E-state index is 0.354. The van der Waals surface area contributed by atoms with Gasteiger partial charge in [0.15, 0.2) is 0 Å². The van der Waals surface area contributed by atoms with E-state index in [0.29, 0.717) is 12.1 Å². The first-order valence-electron chi connectivity index (χ1n) is 6.38. The van der Waals surface area contributed by atoms with E-state index in [4.69, 9.17) is 4.74 Å². The van der Waals surface area contributed by atoms with Crippen LogP contribution in [-0.4, -0.2) is 29.6 Å². The predicted molar refractivity (Wildman–Crippen MR) is 74.4 cm³/mol. The average molecular weight is 336 g/mol. The van der Waals surface area contributed by atoms with E-state index in [-0.39, 0.29) is 5.69 Å². The van der Waals surface area contributed by atoms with Gasteiger partial charge in [-0.3, -0.25) is 15.4 Å². The highest BCUT2D eigenvalue weighted by Gasteiger charge is 2.23. The molecule has 23 heavy (non-hydrogen) atoms. The molecule has 0 atom stereocenters. The standard InChI is InChI=1S/C13H15F3N2O5/c1-13(2,3)23-12(19)17-8-5-9(18(20)21)7(14)4-10(8)22-6-11(15)16/h4-5,11H,6H2,1-3H3,(H,17,19). The molecule has 0 heterocycles. The van der Waals surface area contributed by atoms with E-state index in [1.807, 2.05) is 0 Å². The molecule has 0 aliphatic carbocycles. The second-order valence-electron chi connectivity index (χ2n) is 5.39. The molecule has 1 N–H and O–H groups in total. The van der Waals surface area contributed by atoms with Crippen LogP contribution in [0.3, 0.4) is 0 Å². The summed E-state index contributed by atoms with van der Waals surface area (Å²) in [5, 5.41) is 12.8. The second kappa shape index (κ2) is 7.16. The Morgan fingerprint density at radius 1 is 1.39 bits per heavy atom. The Kier molecular flexibility index (Phi) is 5.77. The van der Waals surface area contributed by atoms with E-state index in [1.54, 1.807) is 20.8 Å². The highest BCUT2D eigenvalue weighted by atomic mass is 19.3. The molecule has 0 saturated heterocycles. The number of carbonyl (C=O) groups excluding carboxylic acids is 1. The number of alkyl halides is 2. The molecule has 0 aliphatic heterocycles. The lowest BCUT2D eigenvalue weighted by Gasteiger charge is -2.20. The molecule has 0 bridgehead atoms. The molecule has 1 amide bonds. The molecule has 0 saturated carbocycles. The monoisotopic (exact) mass is 336 g/mol. The van der Waals surface area contributed by atoms with Crippen molar-refractivity contribution in [2.24, 2.45) is 0 Å². The van der Waals surface area contributed by atoms with Crippen molar-refractivity contribution in [1.82, 2.24) is 0 Å². The van der Waals surface area contributed by atoms with Crippen LogP contribution >= 0.6 is 0 Å². The zero-order chi connectivity index (χ0) is 17.8. The van der Waals surface area contributed by atoms with Crippen molar-refractivity contribution in [3.63, 3.8) is 0 Å². The molecule has 0 spiro atoms. The summed E-state index contributed by atoms with van der Waals surface area (Å²) in [5.41, 5.74) is -2.16. The number of nitrogens with one attached hydrogen (secondary N) is 1. The van der Waals surface area contributed by atoms with Gasteiger partial charge < -0.3 is 9.47 Å². The maximum atomic E-state index is 13.6. The third kappa shape index (κ3) is 6.01. The maximum absolute atomic E-state index is 13.6. The summed E-state index contributed by atoms with van der Waals surface area (Å²) >= 11 is 0. The second-order valence-corrected chi connectivity index (χ2v) is 5.39. The van der Waals surface area contributed by atoms with Crippen LogP contribution in [0.2, 0.25) is 0 Å². The summed E-state index contributed by atoms with van der Waals surface area (Å²) in [6.45, 7) is 3.66. The van der Waals surface area contributed by atoms with Crippen LogP contribution in [0.5, 0.6) is 5.75 Å². The number of anilines is 1. The van der Waals surface area contributed by atoms with Gasteiger partial charge in [0, 0.05) is 12.1 Å². The number of amides is 1. The number of hydrogen-bond donors (Lipinski definition) is 1. The molecular formula is C13H15F3N2O5. The number of hydrogen-bond acceptors (Lipinski definition) is 5. The molecule has 0 aromatic heterocycles. The van der Waals surface area contributed by atoms with E-state index >= 15 is 0 Å². The minimum Gasteiger partial charge on any atom is -0.485 e. The fourth-order valence-electron chi connectivity index (χ4n) is 1.47. The van der Waals surface area contributed by atoms with E-state index in [9.17, 15) is 28.1 Å². The molecule has 1 aromatic carbocycles. The van der Waals surface area contributed by atoms with Crippen molar-refractivity contribution in [2.45, 2.75) is 32.8 Å². The van der Waals surface area contributed by atoms with Crippen LogP contribution in [0.15, 0.2) is 12.1 Å². The summed E-state index contributed by atoms with van der Waals surface area (Å²) in [5.74, 6) is -1.76. The number of carbonyl (C=O) groups is 1. The van der Waals surface area contributed by atoms with Gasteiger partial charge in [0.25, 0.3) is 6.43 Å². The van der Waals surface area contributed by atoms with Crippen molar-refractivity contribution >= 4 is 17.5 Å². The lowest BCUT2D eigenvalue weighted by Crippen LogP contribution is -2.27. The molecule has 10 heteroatoms. The largest absolute Gasteiger partial charge is 0.485 e. The van der Waals surface area contributed by atoms with Crippen LogP contribution in [0, 0.1) is 15.9 Å². The molecule has 1 rings (SSSR count). The highest BCUT2D eigenvalue weighted by Crippen LogP contribution is 2.32. The smallest absolute Gasteiger partial charge is 0.412 e.